The van der Waals surface area contributed by atoms with Crippen molar-refractivity contribution in [3.8, 4) is 11.6 Å². The Kier molecular flexibility index (Phi) is 3.96. The van der Waals surface area contributed by atoms with E-state index in [0.717, 1.165) is 5.69 Å². The van der Waals surface area contributed by atoms with E-state index in [0.29, 0.717) is 23.7 Å². The highest BCUT2D eigenvalue weighted by Crippen LogP contribution is 2.14. The molecule has 0 spiro atoms. The largest absolute Gasteiger partial charge is 0.349 e. The minimum atomic E-state index is -0.150. The summed E-state index contributed by atoms with van der Waals surface area (Å²) < 4.78 is 1.61. The summed E-state index contributed by atoms with van der Waals surface area (Å²) in [6.07, 6.45) is 3.83. The lowest BCUT2D eigenvalue weighted by molar-refractivity contribution is -0.132. The molecule has 0 aromatic carbocycles. The van der Waals surface area contributed by atoms with Gasteiger partial charge in [-0.1, -0.05) is 6.92 Å². The summed E-state index contributed by atoms with van der Waals surface area (Å²) in [5, 5.41) is 12.7. The summed E-state index contributed by atoms with van der Waals surface area (Å²) >= 11 is 0. The van der Waals surface area contributed by atoms with Crippen LogP contribution >= 0.6 is 0 Å². The van der Waals surface area contributed by atoms with Crippen molar-refractivity contribution in [3.63, 3.8) is 0 Å². The average Bonchev–Trinajstić information content (AvgIpc) is 2.98. The van der Waals surface area contributed by atoms with Gasteiger partial charge in [0.15, 0.2) is 11.5 Å². The molecule has 8 heteroatoms. The summed E-state index contributed by atoms with van der Waals surface area (Å²) in [5.74, 6) is 0.862. The molecular formula is C15H17N7O. The highest BCUT2D eigenvalue weighted by atomic mass is 16.2. The number of hydrogen-bond acceptors (Lipinski definition) is 6. The number of rotatable bonds is 4. The Morgan fingerprint density at radius 2 is 1.96 bits per heavy atom. The molecule has 1 amide bonds. The van der Waals surface area contributed by atoms with E-state index in [4.69, 9.17) is 0 Å². The van der Waals surface area contributed by atoms with Gasteiger partial charge in [-0.2, -0.15) is 9.61 Å². The highest BCUT2D eigenvalue weighted by molar-refractivity contribution is 5.78. The van der Waals surface area contributed by atoms with Crippen LogP contribution in [0.1, 0.15) is 12.6 Å². The maximum atomic E-state index is 12.0. The second kappa shape index (κ2) is 6.07. The molecule has 0 aliphatic carbocycles. The molecule has 3 heterocycles. The van der Waals surface area contributed by atoms with E-state index in [1.807, 2.05) is 19.1 Å². The van der Waals surface area contributed by atoms with Gasteiger partial charge in [-0.05, 0) is 18.2 Å². The molecule has 1 unspecified atom stereocenters. The minimum Gasteiger partial charge on any atom is -0.349 e. The van der Waals surface area contributed by atoms with Crippen molar-refractivity contribution >= 4 is 11.6 Å². The van der Waals surface area contributed by atoms with Crippen LogP contribution < -0.4 is 0 Å². The van der Waals surface area contributed by atoms with Gasteiger partial charge in [-0.15, -0.1) is 10.2 Å². The van der Waals surface area contributed by atoms with Crippen LogP contribution in [0.2, 0.25) is 0 Å². The van der Waals surface area contributed by atoms with Crippen molar-refractivity contribution in [2.24, 2.45) is 5.92 Å². The van der Waals surface area contributed by atoms with Crippen molar-refractivity contribution in [2.45, 2.75) is 13.3 Å². The number of amides is 1. The first-order valence-electron chi connectivity index (χ1n) is 7.26. The Morgan fingerprint density at radius 3 is 2.65 bits per heavy atom. The molecule has 0 aliphatic heterocycles. The van der Waals surface area contributed by atoms with E-state index in [1.165, 1.54) is 0 Å². The third-order valence-electron chi connectivity index (χ3n) is 3.46. The quantitative estimate of drug-likeness (QED) is 0.709. The fraction of sp³-hybridized carbons (Fsp3) is 0.333. The first-order valence-corrected chi connectivity index (χ1v) is 7.26. The summed E-state index contributed by atoms with van der Waals surface area (Å²) in [5.41, 5.74) is 1.40. The molecule has 0 aliphatic rings. The van der Waals surface area contributed by atoms with E-state index in [9.17, 15) is 4.79 Å². The number of fused-ring (bicyclic) bond motifs is 1. The van der Waals surface area contributed by atoms with Crippen molar-refractivity contribution in [3.05, 3.63) is 36.3 Å². The number of carbonyl (C=O) groups is 1. The third kappa shape index (κ3) is 3.01. The van der Waals surface area contributed by atoms with Gasteiger partial charge in [-0.25, -0.2) is 9.97 Å². The first-order chi connectivity index (χ1) is 11.1. The number of carbonyl (C=O) groups excluding carboxylic acids is 1. The second-order valence-corrected chi connectivity index (χ2v) is 5.53. The number of aromatic nitrogens is 6. The summed E-state index contributed by atoms with van der Waals surface area (Å²) in [6, 6.07) is 5.42. The van der Waals surface area contributed by atoms with Gasteiger partial charge in [-0.3, -0.25) is 4.79 Å². The Labute approximate surface area is 133 Å². The van der Waals surface area contributed by atoms with Gasteiger partial charge in [0.25, 0.3) is 0 Å². The predicted octanol–water partition coefficient (Wildman–Crippen LogP) is 0.848. The molecule has 0 radical (unpaired) electrons. The van der Waals surface area contributed by atoms with Crippen LogP contribution in [0.4, 0.5) is 0 Å². The molecular weight excluding hydrogens is 294 g/mol. The van der Waals surface area contributed by atoms with Crippen LogP contribution in [0.3, 0.4) is 0 Å². The average molecular weight is 311 g/mol. The zero-order chi connectivity index (χ0) is 16.4. The standard InChI is InChI=1S/C15H17N7O/c1-10(15(23)21(2)3)9-11-5-6-12-18-19-14(22(12)20-11)13-16-7-4-8-17-13/h4-8,10H,9H2,1-3H3. The van der Waals surface area contributed by atoms with Crippen molar-refractivity contribution < 1.29 is 4.79 Å². The fourth-order valence-corrected chi connectivity index (χ4v) is 2.33. The lowest BCUT2D eigenvalue weighted by atomic mass is 10.0. The molecule has 3 aromatic rings. The maximum Gasteiger partial charge on any atom is 0.225 e. The summed E-state index contributed by atoms with van der Waals surface area (Å²) in [4.78, 5) is 21.9. The van der Waals surface area contributed by atoms with Crippen LogP contribution in [0.15, 0.2) is 30.6 Å². The summed E-state index contributed by atoms with van der Waals surface area (Å²) in [7, 11) is 3.50. The number of nitrogens with zero attached hydrogens (tertiary/aromatic N) is 7. The van der Waals surface area contributed by atoms with Crippen molar-refractivity contribution in [2.75, 3.05) is 14.1 Å². The van der Waals surface area contributed by atoms with E-state index in [-0.39, 0.29) is 11.8 Å². The maximum absolute atomic E-state index is 12.0. The van der Waals surface area contributed by atoms with Crippen LogP contribution in [0.25, 0.3) is 17.3 Å². The highest BCUT2D eigenvalue weighted by Gasteiger charge is 2.17. The van der Waals surface area contributed by atoms with Gasteiger partial charge in [0.1, 0.15) is 0 Å². The van der Waals surface area contributed by atoms with Gasteiger partial charge >= 0.3 is 0 Å². The monoisotopic (exact) mass is 311 g/mol. The van der Waals surface area contributed by atoms with Crippen LogP contribution in [-0.2, 0) is 11.2 Å². The molecule has 118 valence electrons. The minimum absolute atomic E-state index is 0.0715. The number of hydrogen-bond donors (Lipinski definition) is 0. The predicted molar refractivity (Wildman–Crippen MR) is 83.4 cm³/mol. The molecule has 0 N–H and O–H groups in total. The van der Waals surface area contributed by atoms with Crippen LogP contribution in [0.5, 0.6) is 0 Å². The molecule has 0 bridgehead atoms. The van der Waals surface area contributed by atoms with Crippen molar-refractivity contribution in [1.29, 1.82) is 0 Å². The molecule has 0 saturated heterocycles. The lowest BCUT2D eigenvalue weighted by Crippen LogP contribution is -2.29. The fourth-order valence-electron chi connectivity index (χ4n) is 2.33. The molecule has 0 fully saturated rings. The topological polar surface area (TPSA) is 89.2 Å². The SMILES string of the molecule is CC(Cc1ccc2nnc(-c3ncccn3)n2n1)C(=O)N(C)C. The Morgan fingerprint density at radius 1 is 1.22 bits per heavy atom. The molecule has 3 rings (SSSR count). The Hall–Kier alpha value is -2.90. The summed E-state index contributed by atoms with van der Waals surface area (Å²) in [6.45, 7) is 1.89. The lowest BCUT2D eigenvalue weighted by Gasteiger charge is -2.16. The molecule has 0 saturated carbocycles. The molecule has 23 heavy (non-hydrogen) atoms. The van der Waals surface area contributed by atoms with E-state index < -0.39 is 0 Å². The van der Waals surface area contributed by atoms with E-state index in [2.05, 4.69) is 25.3 Å². The molecule has 8 nitrogen and oxygen atoms in total. The van der Waals surface area contributed by atoms with Gasteiger partial charge < -0.3 is 4.90 Å². The molecule has 3 aromatic heterocycles. The van der Waals surface area contributed by atoms with Crippen LogP contribution in [-0.4, -0.2) is 54.7 Å². The normalized spacial score (nSPS) is 12.3. The van der Waals surface area contributed by atoms with Crippen molar-refractivity contribution in [1.82, 2.24) is 34.7 Å². The Balaban J connectivity index is 1.94. The smallest absolute Gasteiger partial charge is 0.225 e. The van der Waals surface area contributed by atoms with Gasteiger partial charge in [0.05, 0.1) is 5.69 Å². The van der Waals surface area contributed by atoms with Gasteiger partial charge in [0, 0.05) is 38.8 Å². The molecule has 1 atom stereocenters. The third-order valence-corrected chi connectivity index (χ3v) is 3.46. The zero-order valence-electron chi connectivity index (χ0n) is 13.2. The van der Waals surface area contributed by atoms with Gasteiger partial charge in [0.2, 0.25) is 11.7 Å². The second-order valence-electron chi connectivity index (χ2n) is 5.53. The van der Waals surface area contributed by atoms with E-state index in [1.54, 1.807) is 42.0 Å². The van der Waals surface area contributed by atoms with E-state index >= 15 is 0 Å². The zero-order valence-corrected chi connectivity index (χ0v) is 13.2. The van der Waals surface area contributed by atoms with Crippen LogP contribution in [0, 0.1) is 5.92 Å². The Bertz CT molecular complexity index is 828. The first kappa shape index (κ1) is 15.0.